The summed E-state index contributed by atoms with van der Waals surface area (Å²) in [5.74, 6) is 1.18. The van der Waals surface area contributed by atoms with Gasteiger partial charge in [0.2, 0.25) is 0 Å². The van der Waals surface area contributed by atoms with Crippen LogP contribution < -0.4 is 15.0 Å². The molecule has 0 saturated heterocycles. The first-order chi connectivity index (χ1) is 13.1. The zero-order valence-electron chi connectivity index (χ0n) is 16.5. The highest BCUT2D eigenvalue weighted by Crippen LogP contribution is 2.21. The average Bonchev–Trinajstić information content (AvgIpc) is 2.66. The molecule has 1 aromatic heterocycles. The lowest BCUT2D eigenvalue weighted by molar-refractivity contribution is 0.206. The molecule has 8 heteroatoms. The van der Waals surface area contributed by atoms with E-state index < -0.39 is 0 Å². The number of ether oxygens (including phenoxy) is 2. The van der Waals surface area contributed by atoms with E-state index in [0.717, 1.165) is 5.56 Å². The molecular weight excluding hydrogens is 344 g/mol. The van der Waals surface area contributed by atoms with Crippen molar-refractivity contribution in [3.63, 3.8) is 0 Å². The SMILES string of the molecule is CNCCOc1nc(N=NCc2cccc(C)c2)cc(N(C)CCOC)n1. The van der Waals surface area contributed by atoms with Crippen molar-refractivity contribution in [2.45, 2.75) is 13.5 Å². The van der Waals surface area contributed by atoms with E-state index in [-0.39, 0.29) is 6.01 Å². The first-order valence-corrected chi connectivity index (χ1v) is 8.92. The van der Waals surface area contributed by atoms with Crippen LogP contribution in [0.15, 0.2) is 40.6 Å². The van der Waals surface area contributed by atoms with E-state index in [2.05, 4.69) is 44.6 Å². The van der Waals surface area contributed by atoms with E-state index in [0.29, 0.717) is 44.5 Å². The van der Waals surface area contributed by atoms with Gasteiger partial charge >= 0.3 is 6.01 Å². The summed E-state index contributed by atoms with van der Waals surface area (Å²) < 4.78 is 10.7. The Morgan fingerprint density at radius 2 is 2.04 bits per heavy atom. The van der Waals surface area contributed by atoms with Gasteiger partial charge in [0.1, 0.15) is 12.4 Å². The number of aryl methyl sites for hydroxylation is 1. The summed E-state index contributed by atoms with van der Waals surface area (Å²) >= 11 is 0. The Kier molecular flexibility index (Phi) is 8.60. The Hall–Kier alpha value is -2.58. The molecule has 146 valence electrons. The van der Waals surface area contributed by atoms with E-state index in [9.17, 15) is 0 Å². The number of hydrogen-bond acceptors (Lipinski definition) is 8. The third-order valence-corrected chi connectivity index (χ3v) is 3.79. The summed E-state index contributed by atoms with van der Waals surface area (Å²) in [6.45, 7) is 5.03. The standard InChI is InChI=1S/C19H28N6O2/c1-15-6-5-7-16(12-15)14-21-24-17-13-18(25(3)9-11-26-4)23-19(22-17)27-10-8-20-2/h5-7,12-13,20H,8-11,14H2,1-4H3. The number of nitrogens with zero attached hydrogens (tertiary/aromatic N) is 5. The van der Waals surface area contributed by atoms with Crippen molar-refractivity contribution >= 4 is 11.6 Å². The monoisotopic (exact) mass is 372 g/mol. The molecule has 0 fully saturated rings. The van der Waals surface area contributed by atoms with Gasteiger partial charge < -0.3 is 19.7 Å². The summed E-state index contributed by atoms with van der Waals surface area (Å²) in [6, 6.07) is 10.3. The summed E-state index contributed by atoms with van der Waals surface area (Å²) in [7, 11) is 5.47. The molecule has 0 amide bonds. The van der Waals surface area contributed by atoms with Gasteiger partial charge in [-0.3, -0.25) is 0 Å². The normalized spacial score (nSPS) is 11.1. The number of likely N-dealkylation sites (N-methyl/N-ethyl adjacent to an activating group) is 2. The molecule has 1 aromatic carbocycles. The number of benzene rings is 1. The third-order valence-electron chi connectivity index (χ3n) is 3.79. The predicted octanol–water partition coefficient (Wildman–Crippen LogP) is 2.75. The maximum atomic E-state index is 5.62. The van der Waals surface area contributed by atoms with Gasteiger partial charge in [-0.05, 0) is 19.5 Å². The lowest BCUT2D eigenvalue weighted by atomic mass is 10.1. The van der Waals surface area contributed by atoms with Gasteiger partial charge in [-0.1, -0.05) is 29.8 Å². The number of methoxy groups -OCH3 is 1. The molecule has 0 spiro atoms. The van der Waals surface area contributed by atoms with Gasteiger partial charge in [0.25, 0.3) is 0 Å². The Labute approximate surface area is 160 Å². The lowest BCUT2D eigenvalue weighted by Crippen LogP contribution is -2.23. The molecule has 1 heterocycles. The maximum Gasteiger partial charge on any atom is 0.320 e. The van der Waals surface area contributed by atoms with Crippen molar-refractivity contribution in [3.8, 4) is 6.01 Å². The van der Waals surface area contributed by atoms with Gasteiger partial charge in [0.15, 0.2) is 5.82 Å². The Morgan fingerprint density at radius 3 is 2.78 bits per heavy atom. The molecule has 0 aliphatic heterocycles. The molecular formula is C19H28N6O2. The highest BCUT2D eigenvalue weighted by atomic mass is 16.5. The molecule has 0 bridgehead atoms. The van der Waals surface area contributed by atoms with Crippen LogP contribution in [-0.2, 0) is 11.3 Å². The second-order valence-electron chi connectivity index (χ2n) is 6.12. The second kappa shape index (κ2) is 11.2. The van der Waals surface area contributed by atoms with Crippen molar-refractivity contribution in [3.05, 3.63) is 41.5 Å². The highest BCUT2D eigenvalue weighted by Gasteiger charge is 2.09. The number of hydrogen-bond donors (Lipinski definition) is 1. The summed E-state index contributed by atoms with van der Waals surface area (Å²) in [4.78, 5) is 10.7. The van der Waals surface area contributed by atoms with Gasteiger partial charge in [-0.2, -0.15) is 15.1 Å². The topological polar surface area (TPSA) is 84.2 Å². The molecule has 0 radical (unpaired) electrons. The molecule has 2 rings (SSSR count). The largest absolute Gasteiger partial charge is 0.462 e. The van der Waals surface area contributed by atoms with Crippen LogP contribution in [0.4, 0.5) is 11.6 Å². The van der Waals surface area contributed by atoms with Crippen LogP contribution in [0.1, 0.15) is 11.1 Å². The molecule has 27 heavy (non-hydrogen) atoms. The number of anilines is 1. The zero-order chi connectivity index (χ0) is 19.5. The van der Waals surface area contributed by atoms with Crippen molar-refractivity contribution < 1.29 is 9.47 Å². The fraction of sp³-hybridized carbons (Fsp3) is 0.474. The lowest BCUT2D eigenvalue weighted by Gasteiger charge is -2.18. The van der Waals surface area contributed by atoms with Crippen LogP contribution in [0.2, 0.25) is 0 Å². The first kappa shape index (κ1) is 20.7. The van der Waals surface area contributed by atoms with Crippen LogP contribution in [-0.4, -0.2) is 57.5 Å². The summed E-state index contributed by atoms with van der Waals surface area (Å²) in [5.41, 5.74) is 2.31. The number of aromatic nitrogens is 2. The molecule has 8 nitrogen and oxygen atoms in total. The van der Waals surface area contributed by atoms with Crippen LogP contribution in [0.5, 0.6) is 6.01 Å². The molecule has 0 aliphatic rings. The Balaban J connectivity index is 2.14. The van der Waals surface area contributed by atoms with E-state index in [4.69, 9.17) is 9.47 Å². The minimum Gasteiger partial charge on any atom is -0.462 e. The average molecular weight is 372 g/mol. The van der Waals surface area contributed by atoms with Crippen LogP contribution in [0.3, 0.4) is 0 Å². The highest BCUT2D eigenvalue weighted by molar-refractivity contribution is 5.46. The van der Waals surface area contributed by atoms with Crippen molar-refractivity contribution in [1.29, 1.82) is 0 Å². The van der Waals surface area contributed by atoms with Crippen molar-refractivity contribution in [2.24, 2.45) is 10.2 Å². The van der Waals surface area contributed by atoms with E-state index >= 15 is 0 Å². The van der Waals surface area contributed by atoms with Gasteiger partial charge in [-0.15, -0.1) is 5.11 Å². The minimum atomic E-state index is 0.288. The van der Waals surface area contributed by atoms with Crippen molar-refractivity contribution in [2.75, 3.05) is 52.4 Å². The van der Waals surface area contributed by atoms with E-state index in [1.54, 1.807) is 13.2 Å². The quantitative estimate of drug-likeness (QED) is 0.482. The third kappa shape index (κ3) is 7.28. The smallest absolute Gasteiger partial charge is 0.320 e. The Morgan fingerprint density at radius 1 is 1.19 bits per heavy atom. The second-order valence-corrected chi connectivity index (χ2v) is 6.12. The predicted molar refractivity (Wildman–Crippen MR) is 106 cm³/mol. The first-order valence-electron chi connectivity index (χ1n) is 8.92. The number of rotatable bonds is 11. The van der Waals surface area contributed by atoms with Gasteiger partial charge in [0.05, 0.1) is 13.2 Å². The molecule has 0 atom stereocenters. The fourth-order valence-electron chi connectivity index (χ4n) is 2.30. The summed E-state index contributed by atoms with van der Waals surface area (Å²) in [6.07, 6.45) is 0. The minimum absolute atomic E-state index is 0.288. The maximum absolute atomic E-state index is 5.62. The van der Waals surface area contributed by atoms with Crippen LogP contribution in [0, 0.1) is 6.92 Å². The Bertz CT molecular complexity index is 738. The summed E-state index contributed by atoms with van der Waals surface area (Å²) in [5, 5.41) is 11.6. The van der Waals surface area contributed by atoms with Crippen molar-refractivity contribution in [1.82, 2.24) is 15.3 Å². The van der Waals surface area contributed by atoms with E-state index in [1.165, 1.54) is 5.56 Å². The fourth-order valence-corrected chi connectivity index (χ4v) is 2.30. The van der Waals surface area contributed by atoms with Gasteiger partial charge in [-0.25, -0.2) is 0 Å². The molecule has 2 aromatic rings. The molecule has 1 N–H and O–H groups in total. The van der Waals surface area contributed by atoms with E-state index in [1.807, 2.05) is 31.1 Å². The van der Waals surface area contributed by atoms with Gasteiger partial charge in [0, 0.05) is 33.3 Å². The zero-order valence-corrected chi connectivity index (χ0v) is 16.5. The molecule has 0 saturated carbocycles. The number of azo groups is 1. The van der Waals surface area contributed by atoms with Crippen LogP contribution in [0.25, 0.3) is 0 Å². The molecule has 0 unspecified atom stereocenters. The number of nitrogens with one attached hydrogen (secondary N) is 1. The van der Waals surface area contributed by atoms with Crippen LogP contribution >= 0.6 is 0 Å². The molecule has 0 aliphatic carbocycles.